The van der Waals surface area contributed by atoms with Crippen LogP contribution in [0.15, 0.2) is 200 Å². The molecule has 0 bridgehead atoms. The fraction of sp³-hybridized carbons (Fsp3) is 0.115. The molecule has 0 heterocycles. The van der Waals surface area contributed by atoms with Gasteiger partial charge in [-0.1, -0.05) is 198 Å². The molecular formula is C61H45N. The predicted octanol–water partition coefficient (Wildman–Crippen LogP) is 15.8. The molecular weight excluding hydrogens is 747 g/mol. The summed E-state index contributed by atoms with van der Waals surface area (Å²) in [5.41, 5.74) is 26.7. The van der Waals surface area contributed by atoms with Gasteiger partial charge >= 0.3 is 0 Å². The molecule has 0 radical (unpaired) electrons. The molecule has 0 aromatic heterocycles. The van der Waals surface area contributed by atoms with Crippen LogP contribution in [0.2, 0.25) is 0 Å². The van der Waals surface area contributed by atoms with Crippen LogP contribution in [0.4, 0.5) is 17.1 Å². The summed E-state index contributed by atoms with van der Waals surface area (Å²) >= 11 is 0. The van der Waals surface area contributed by atoms with Crippen molar-refractivity contribution in [2.24, 2.45) is 0 Å². The van der Waals surface area contributed by atoms with Crippen molar-refractivity contribution >= 4 is 17.1 Å². The molecule has 9 aromatic rings. The van der Waals surface area contributed by atoms with Crippen molar-refractivity contribution in [3.63, 3.8) is 0 Å². The molecule has 0 N–H and O–H groups in total. The lowest BCUT2D eigenvalue weighted by Crippen LogP contribution is -2.27. The Morgan fingerprint density at radius 2 is 0.742 bits per heavy atom. The largest absolute Gasteiger partial charge is 0.310 e. The van der Waals surface area contributed by atoms with Crippen molar-refractivity contribution in [3.05, 3.63) is 245 Å². The lowest BCUT2D eigenvalue weighted by molar-refractivity contribution is 0.658. The summed E-state index contributed by atoms with van der Waals surface area (Å²) in [5, 5.41) is 0. The van der Waals surface area contributed by atoms with E-state index in [1.54, 1.807) is 0 Å². The lowest BCUT2D eigenvalue weighted by Gasteiger charge is -2.36. The van der Waals surface area contributed by atoms with E-state index in [0.717, 1.165) is 5.69 Å². The Labute approximate surface area is 364 Å². The molecule has 1 spiro atoms. The van der Waals surface area contributed by atoms with Crippen molar-refractivity contribution in [1.29, 1.82) is 0 Å². The van der Waals surface area contributed by atoms with Crippen LogP contribution in [0.3, 0.4) is 0 Å². The summed E-state index contributed by atoms with van der Waals surface area (Å²) in [4.78, 5) is 2.60. The monoisotopic (exact) mass is 791 g/mol. The molecule has 0 saturated heterocycles. The van der Waals surface area contributed by atoms with Crippen molar-refractivity contribution in [1.82, 2.24) is 0 Å². The molecule has 0 fully saturated rings. The smallest absolute Gasteiger partial charge is 0.0726 e. The first-order valence-electron chi connectivity index (χ1n) is 22.1. The standard InChI is InChI=1S/C61H45N/c1-59(2)48-25-13-8-20-42(48)45-35-34-41(36-53(45)59)62(40-32-30-39(31-33-40)38-18-6-5-7-19-38)55-37-54-56(57-46-23-11-14-26-49(46)60(3,4)58(55)57)47-24-12-17-29-52(47)61(54)50-27-15-9-21-43(50)44-22-10-16-28-51(44)61/h5-37H,1-4H3. The number of benzene rings is 9. The van der Waals surface area contributed by atoms with Crippen molar-refractivity contribution in [2.45, 2.75) is 43.9 Å². The van der Waals surface area contributed by atoms with Gasteiger partial charge in [0.15, 0.2) is 0 Å². The first kappa shape index (κ1) is 35.5. The van der Waals surface area contributed by atoms with Crippen LogP contribution in [-0.4, -0.2) is 0 Å². The Balaban J connectivity index is 1.16. The van der Waals surface area contributed by atoms with Crippen LogP contribution < -0.4 is 4.90 Å². The van der Waals surface area contributed by atoms with E-state index in [4.69, 9.17) is 0 Å². The van der Waals surface area contributed by atoms with Gasteiger partial charge in [-0.3, -0.25) is 0 Å². The maximum Gasteiger partial charge on any atom is 0.0726 e. The van der Waals surface area contributed by atoms with Gasteiger partial charge < -0.3 is 4.90 Å². The average molecular weight is 792 g/mol. The van der Waals surface area contributed by atoms with E-state index >= 15 is 0 Å². The Bertz CT molecular complexity index is 3300. The van der Waals surface area contributed by atoms with Gasteiger partial charge in [0.25, 0.3) is 0 Å². The number of rotatable bonds is 4. The Morgan fingerprint density at radius 1 is 0.306 bits per heavy atom. The molecule has 1 nitrogen and oxygen atoms in total. The molecule has 4 aliphatic rings. The Hall–Kier alpha value is -7.22. The maximum atomic E-state index is 2.62. The van der Waals surface area contributed by atoms with E-state index in [1.807, 2.05) is 0 Å². The third-order valence-corrected chi connectivity index (χ3v) is 15.1. The fourth-order valence-electron chi connectivity index (χ4n) is 12.4. The topological polar surface area (TPSA) is 3.24 Å². The predicted molar refractivity (Wildman–Crippen MR) is 258 cm³/mol. The van der Waals surface area contributed by atoms with Gasteiger partial charge in [-0.2, -0.15) is 0 Å². The third kappa shape index (κ3) is 4.43. The first-order chi connectivity index (χ1) is 30.3. The van der Waals surface area contributed by atoms with Crippen LogP contribution in [0.25, 0.3) is 55.6 Å². The highest BCUT2D eigenvalue weighted by Crippen LogP contribution is 2.68. The number of anilines is 3. The number of nitrogens with zero attached hydrogens (tertiary/aromatic N) is 1. The van der Waals surface area contributed by atoms with Gasteiger partial charge in [0, 0.05) is 22.2 Å². The van der Waals surface area contributed by atoms with Gasteiger partial charge in [-0.25, -0.2) is 0 Å². The maximum absolute atomic E-state index is 2.62. The second-order valence-electron chi connectivity index (χ2n) is 18.8. The van der Waals surface area contributed by atoms with E-state index in [2.05, 4.69) is 233 Å². The van der Waals surface area contributed by atoms with Crippen LogP contribution in [0.1, 0.15) is 72.2 Å². The first-order valence-corrected chi connectivity index (χ1v) is 22.1. The summed E-state index contributed by atoms with van der Waals surface area (Å²) in [7, 11) is 0. The summed E-state index contributed by atoms with van der Waals surface area (Å²) in [5.74, 6) is 0. The Morgan fingerprint density at radius 3 is 1.35 bits per heavy atom. The molecule has 13 rings (SSSR count). The quantitative estimate of drug-likeness (QED) is 0.172. The van der Waals surface area contributed by atoms with E-state index in [9.17, 15) is 0 Å². The number of hydrogen-bond acceptors (Lipinski definition) is 1. The normalized spacial score (nSPS) is 15.5. The number of hydrogen-bond donors (Lipinski definition) is 0. The molecule has 4 aliphatic carbocycles. The molecule has 0 saturated carbocycles. The molecule has 1 heteroatoms. The molecule has 0 atom stereocenters. The zero-order chi connectivity index (χ0) is 41.5. The molecule has 9 aromatic carbocycles. The molecule has 0 unspecified atom stereocenters. The van der Waals surface area contributed by atoms with Gasteiger partial charge in [0.1, 0.15) is 0 Å². The van der Waals surface area contributed by atoms with Crippen LogP contribution in [0, 0.1) is 0 Å². The van der Waals surface area contributed by atoms with Gasteiger partial charge in [-0.15, -0.1) is 0 Å². The highest BCUT2D eigenvalue weighted by molar-refractivity contribution is 6.06. The minimum atomic E-state index is -0.491. The van der Waals surface area contributed by atoms with E-state index in [-0.39, 0.29) is 10.8 Å². The SMILES string of the molecule is CC1(C)c2ccccc2-c2ccc(N(c3ccc(-c4ccccc4)cc3)c3cc4c(c5c3C(C)(C)c3ccccc3-5)-c3ccccc3C43c4ccccc4-c4ccccc43)cc21. The zero-order valence-electron chi connectivity index (χ0n) is 35.5. The van der Waals surface area contributed by atoms with E-state index in [0.29, 0.717) is 0 Å². The highest BCUT2D eigenvalue weighted by atomic mass is 15.1. The van der Waals surface area contributed by atoms with E-state index in [1.165, 1.54) is 112 Å². The van der Waals surface area contributed by atoms with Crippen molar-refractivity contribution in [2.75, 3.05) is 4.90 Å². The fourth-order valence-corrected chi connectivity index (χ4v) is 12.4. The summed E-state index contributed by atoms with van der Waals surface area (Å²) < 4.78 is 0. The highest BCUT2D eigenvalue weighted by Gasteiger charge is 2.54. The second kappa shape index (κ2) is 12.4. The second-order valence-corrected chi connectivity index (χ2v) is 18.8. The van der Waals surface area contributed by atoms with Crippen LogP contribution in [-0.2, 0) is 16.2 Å². The summed E-state index contributed by atoms with van der Waals surface area (Å²) in [6.45, 7) is 9.68. The van der Waals surface area contributed by atoms with Gasteiger partial charge in [-0.05, 0) is 130 Å². The molecule has 62 heavy (non-hydrogen) atoms. The van der Waals surface area contributed by atoms with Crippen molar-refractivity contribution in [3.8, 4) is 55.6 Å². The van der Waals surface area contributed by atoms with E-state index < -0.39 is 5.41 Å². The summed E-state index contributed by atoms with van der Waals surface area (Å²) in [6, 6.07) is 75.8. The Kier molecular flexibility index (Phi) is 7.12. The minimum absolute atomic E-state index is 0.150. The molecule has 0 aliphatic heterocycles. The van der Waals surface area contributed by atoms with Crippen LogP contribution >= 0.6 is 0 Å². The number of fused-ring (bicyclic) bond motifs is 17. The van der Waals surface area contributed by atoms with Gasteiger partial charge in [0.05, 0.1) is 11.1 Å². The third-order valence-electron chi connectivity index (χ3n) is 15.1. The summed E-state index contributed by atoms with van der Waals surface area (Å²) in [6.07, 6.45) is 0. The lowest BCUT2D eigenvalue weighted by atomic mass is 9.69. The van der Waals surface area contributed by atoms with Crippen LogP contribution in [0.5, 0.6) is 0 Å². The van der Waals surface area contributed by atoms with Gasteiger partial charge in [0.2, 0.25) is 0 Å². The van der Waals surface area contributed by atoms with Crippen molar-refractivity contribution < 1.29 is 0 Å². The zero-order valence-corrected chi connectivity index (χ0v) is 35.5. The molecule has 0 amide bonds. The average Bonchev–Trinajstić information content (AvgIpc) is 3.95. The molecule has 294 valence electrons. The minimum Gasteiger partial charge on any atom is -0.310 e.